The Hall–Kier alpha value is -2.57. The quantitative estimate of drug-likeness (QED) is 0.520. The van der Waals surface area contributed by atoms with Crippen LogP contribution in [-0.4, -0.2) is 45.4 Å². The summed E-state index contributed by atoms with van der Waals surface area (Å²) in [6.07, 6.45) is 0.338. The molecule has 1 unspecified atom stereocenters. The van der Waals surface area contributed by atoms with Crippen molar-refractivity contribution in [2.75, 3.05) is 6.54 Å². The second-order valence-corrected chi connectivity index (χ2v) is 4.44. The first-order chi connectivity index (χ1) is 9.45. The van der Waals surface area contributed by atoms with Crippen molar-refractivity contribution in [2.45, 2.75) is 19.4 Å². The number of carbonyl (C=O) groups is 3. The van der Waals surface area contributed by atoms with Gasteiger partial charge in [0.05, 0.1) is 5.56 Å². The highest BCUT2D eigenvalue weighted by Gasteiger charge is 2.36. The van der Waals surface area contributed by atoms with Crippen LogP contribution in [0.3, 0.4) is 0 Å². The molecule has 0 spiro atoms. The van der Waals surface area contributed by atoms with Crippen molar-refractivity contribution >= 4 is 17.7 Å². The van der Waals surface area contributed by atoms with E-state index in [4.69, 9.17) is 0 Å². The lowest BCUT2D eigenvalue weighted by molar-refractivity contribution is -0.138. The molecule has 1 heterocycles. The molecule has 3 amide bonds. The largest absolute Gasteiger partial charge is 0.504 e. The first-order valence-electron chi connectivity index (χ1n) is 6.11. The maximum absolute atomic E-state index is 12.4. The summed E-state index contributed by atoms with van der Waals surface area (Å²) in [5.74, 6) is -2.79. The van der Waals surface area contributed by atoms with Crippen LogP contribution in [-0.2, 0) is 9.59 Å². The molecule has 0 radical (unpaired) electrons. The van der Waals surface area contributed by atoms with Gasteiger partial charge in [-0.25, -0.2) is 0 Å². The maximum Gasteiger partial charge on any atom is 0.258 e. The fourth-order valence-corrected chi connectivity index (χ4v) is 2.14. The van der Waals surface area contributed by atoms with Gasteiger partial charge in [0.1, 0.15) is 12.6 Å². The normalized spacial score (nSPS) is 18.9. The van der Waals surface area contributed by atoms with Gasteiger partial charge < -0.3 is 15.1 Å². The number of carbonyl (C=O) groups excluding carboxylic acids is 3. The number of hydrogen-bond acceptors (Lipinski definition) is 5. The van der Waals surface area contributed by atoms with Crippen molar-refractivity contribution in [3.8, 4) is 11.5 Å². The van der Waals surface area contributed by atoms with E-state index in [1.54, 1.807) is 6.92 Å². The second-order valence-electron chi connectivity index (χ2n) is 4.44. The number of rotatable bonds is 2. The van der Waals surface area contributed by atoms with Crippen molar-refractivity contribution in [3.05, 3.63) is 23.8 Å². The average Bonchev–Trinajstić information content (AvgIpc) is 2.40. The fraction of sp³-hybridized carbons (Fsp3) is 0.308. The highest BCUT2D eigenvalue weighted by atomic mass is 16.3. The number of aromatic hydroxyl groups is 2. The average molecular weight is 278 g/mol. The smallest absolute Gasteiger partial charge is 0.258 e. The zero-order valence-electron chi connectivity index (χ0n) is 10.8. The minimum atomic E-state index is -0.776. The number of para-hydroxylation sites is 1. The zero-order valence-corrected chi connectivity index (χ0v) is 10.8. The van der Waals surface area contributed by atoms with Crippen molar-refractivity contribution in [2.24, 2.45) is 0 Å². The van der Waals surface area contributed by atoms with Gasteiger partial charge in [-0.2, -0.15) is 0 Å². The summed E-state index contributed by atoms with van der Waals surface area (Å²) in [4.78, 5) is 36.5. The lowest BCUT2D eigenvalue weighted by Gasteiger charge is -2.33. The molecule has 1 aliphatic heterocycles. The monoisotopic (exact) mass is 278 g/mol. The lowest BCUT2D eigenvalue weighted by atomic mass is 10.1. The Balaban J connectivity index is 2.37. The Bertz CT molecular complexity index is 584. The molecule has 1 saturated heterocycles. The summed E-state index contributed by atoms with van der Waals surface area (Å²) in [5.41, 5.74) is -0.147. The number of nitrogens with zero attached hydrogens (tertiary/aromatic N) is 1. The molecule has 1 atom stereocenters. The van der Waals surface area contributed by atoms with Crippen molar-refractivity contribution in [1.82, 2.24) is 10.2 Å². The fourth-order valence-electron chi connectivity index (χ4n) is 2.14. The highest BCUT2D eigenvalue weighted by Crippen LogP contribution is 2.30. The molecule has 2 rings (SSSR count). The number of piperazine rings is 1. The lowest BCUT2D eigenvalue weighted by Crippen LogP contribution is -2.59. The topological polar surface area (TPSA) is 107 Å². The van der Waals surface area contributed by atoms with E-state index in [-0.39, 0.29) is 12.1 Å². The van der Waals surface area contributed by atoms with Crippen LogP contribution in [0, 0.1) is 0 Å². The molecule has 20 heavy (non-hydrogen) atoms. The van der Waals surface area contributed by atoms with Crippen LogP contribution in [0.1, 0.15) is 23.7 Å². The van der Waals surface area contributed by atoms with Gasteiger partial charge in [0.2, 0.25) is 11.8 Å². The van der Waals surface area contributed by atoms with Gasteiger partial charge in [-0.15, -0.1) is 0 Å². The summed E-state index contributed by atoms with van der Waals surface area (Å²) in [7, 11) is 0. The van der Waals surface area contributed by atoms with Crippen molar-refractivity contribution in [3.63, 3.8) is 0 Å². The third kappa shape index (κ3) is 2.29. The molecule has 3 N–H and O–H groups in total. The van der Waals surface area contributed by atoms with E-state index < -0.39 is 35.3 Å². The number of hydrogen-bond donors (Lipinski definition) is 3. The van der Waals surface area contributed by atoms with Gasteiger partial charge in [0.15, 0.2) is 11.5 Å². The first kappa shape index (κ1) is 13.9. The summed E-state index contributed by atoms with van der Waals surface area (Å²) in [5, 5.41) is 21.3. The van der Waals surface area contributed by atoms with Crippen LogP contribution in [0.2, 0.25) is 0 Å². The molecular weight excluding hydrogens is 264 g/mol. The molecule has 0 bridgehead atoms. The standard InChI is InChI=1S/C13H14N2O5/c1-2-8-12(19)14-10(17)6-15(8)13(20)7-4-3-5-9(16)11(7)18/h3-5,8,16,18H,2,6H2,1H3,(H,14,17,19). The van der Waals surface area contributed by atoms with E-state index in [0.717, 1.165) is 4.90 Å². The van der Waals surface area contributed by atoms with Gasteiger partial charge in [-0.1, -0.05) is 13.0 Å². The Labute approximate surface area is 114 Å². The zero-order chi connectivity index (χ0) is 14.9. The van der Waals surface area contributed by atoms with Gasteiger partial charge in [-0.3, -0.25) is 19.7 Å². The molecule has 0 aromatic heterocycles. The SMILES string of the molecule is CCC1C(=O)NC(=O)CN1C(=O)c1cccc(O)c1O. The van der Waals surface area contributed by atoms with Gasteiger partial charge >= 0.3 is 0 Å². The summed E-state index contributed by atoms with van der Waals surface area (Å²) in [6.45, 7) is 1.45. The molecule has 0 aliphatic carbocycles. The molecular formula is C13H14N2O5. The van der Waals surface area contributed by atoms with Gasteiger partial charge in [0.25, 0.3) is 5.91 Å². The molecule has 1 aromatic rings. The summed E-state index contributed by atoms with van der Waals surface area (Å²) in [6, 6.07) is 3.18. The van der Waals surface area contributed by atoms with Crippen molar-refractivity contribution in [1.29, 1.82) is 0 Å². The Morgan fingerprint density at radius 2 is 2.10 bits per heavy atom. The molecule has 7 heteroatoms. The van der Waals surface area contributed by atoms with E-state index in [9.17, 15) is 24.6 Å². The molecule has 1 fully saturated rings. The highest BCUT2D eigenvalue weighted by molar-refractivity contribution is 6.08. The van der Waals surface area contributed by atoms with Crippen LogP contribution in [0.15, 0.2) is 18.2 Å². The molecule has 7 nitrogen and oxygen atoms in total. The van der Waals surface area contributed by atoms with E-state index in [1.807, 2.05) is 0 Å². The van der Waals surface area contributed by atoms with E-state index in [2.05, 4.69) is 5.32 Å². The minimum absolute atomic E-state index is 0.147. The van der Waals surface area contributed by atoms with Crippen molar-refractivity contribution < 1.29 is 24.6 Å². The van der Waals surface area contributed by atoms with Crippen LogP contribution in [0.4, 0.5) is 0 Å². The number of nitrogens with one attached hydrogen (secondary N) is 1. The maximum atomic E-state index is 12.4. The Kier molecular flexibility index (Phi) is 3.60. The van der Waals surface area contributed by atoms with Gasteiger partial charge in [0, 0.05) is 0 Å². The summed E-state index contributed by atoms with van der Waals surface area (Å²) < 4.78 is 0. The van der Waals surface area contributed by atoms with E-state index in [1.165, 1.54) is 18.2 Å². The first-order valence-corrected chi connectivity index (χ1v) is 6.11. The van der Waals surface area contributed by atoms with Crippen LogP contribution in [0.5, 0.6) is 11.5 Å². The Morgan fingerprint density at radius 1 is 1.40 bits per heavy atom. The van der Waals surface area contributed by atoms with Crippen LogP contribution < -0.4 is 5.32 Å². The minimum Gasteiger partial charge on any atom is -0.504 e. The number of imide groups is 1. The number of benzene rings is 1. The van der Waals surface area contributed by atoms with Crippen LogP contribution in [0.25, 0.3) is 0 Å². The summed E-state index contributed by atoms with van der Waals surface area (Å²) >= 11 is 0. The van der Waals surface area contributed by atoms with E-state index in [0.29, 0.717) is 6.42 Å². The third-order valence-electron chi connectivity index (χ3n) is 3.15. The second kappa shape index (κ2) is 5.20. The molecule has 1 aromatic carbocycles. The molecule has 106 valence electrons. The third-order valence-corrected chi connectivity index (χ3v) is 3.15. The molecule has 1 aliphatic rings. The number of phenols is 2. The predicted octanol–water partition coefficient (Wildman–Crippen LogP) is -0.0250. The van der Waals surface area contributed by atoms with E-state index >= 15 is 0 Å². The van der Waals surface area contributed by atoms with Crippen LogP contribution >= 0.6 is 0 Å². The molecule has 0 saturated carbocycles. The van der Waals surface area contributed by atoms with Gasteiger partial charge in [-0.05, 0) is 18.6 Å². The number of amides is 3. The predicted molar refractivity (Wildman–Crippen MR) is 68.0 cm³/mol. The Morgan fingerprint density at radius 3 is 2.75 bits per heavy atom. The number of phenolic OH excluding ortho intramolecular Hbond substituents is 2.